The van der Waals surface area contributed by atoms with E-state index in [0.29, 0.717) is 36.8 Å². The molecular formula is C23H26N4O3S. The van der Waals surface area contributed by atoms with Crippen molar-refractivity contribution in [2.24, 2.45) is 5.92 Å². The SMILES string of the molecule is CC1CCN(S(=O)(=O)c2ccc(C(=O)Nc3cccc(Cn4cccn4)c3)cc2)CC1. The van der Waals surface area contributed by atoms with E-state index in [0.717, 1.165) is 18.4 Å². The van der Waals surface area contributed by atoms with Crippen LogP contribution in [0.15, 0.2) is 71.9 Å². The van der Waals surface area contributed by atoms with Crippen molar-refractivity contribution in [3.63, 3.8) is 0 Å². The Kier molecular flexibility index (Phi) is 6.20. The zero-order chi connectivity index (χ0) is 21.8. The van der Waals surface area contributed by atoms with Crippen molar-refractivity contribution in [2.45, 2.75) is 31.2 Å². The van der Waals surface area contributed by atoms with E-state index >= 15 is 0 Å². The lowest BCUT2D eigenvalue weighted by molar-refractivity contribution is 0.102. The summed E-state index contributed by atoms with van der Waals surface area (Å²) in [6.07, 6.45) is 5.35. The minimum absolute atomic E-state index is 0.222. The molecule has 0 bridgehead atoms. The molecule has 2 heterocycles. The Morgan fingerprint density at radius 2 is 1.84 bits per heavy atom. The fourth-order valence-electron chi connectivity index (χ4n) is 3.68. The van der Waals surface area contributed by atoms with Gasteiger partial charge in [0.25, 0.3) is 5.91 Å². The highest BCUT2D eigenvalue weighted by molar-refractivity contribution is 7.89. The molecule has 7 nitrogen and oxygen atoms in total. The number of carbonyl (C=O) groups is 1. The smallest absolute Gasteiger partial charge is 0.255 e. The van der Waals surface area contributed by atoms with E-state index in [1.165, 1.54) is 16.4 Å². The molecular weight excluding hydrogens is 412 g/mol. The Morgan fingerprint density at radius 3 is 2.52 bits per heavy atom. The molecule has 1 N–H and O–H groups in total. The molecule has 3 aromatic rings. The van der Waals surface area contributed by atoms with Gasteiger partial charge in [0.2, 0.25) is 10.0 Å². The highest BCUT2D eigenvalue weighted by Gasteiger charge is 2.28. The van der Waals surface area contributed by atoms with Gasteiger partial charge in [-0.1, -0.05) is 19.1 Å². The lowest BCUT2D eigenvalue weighted by atomic mass is 10.0. The zero-order valence-electron chi connectivity index (χ0n) is 17.4. The lowest BCUT2D eigenvalue weighted by Gasteiger charge is -2.29. The zero-order valence-corrected chi connectivity index (χ0v) is 18.3. The summed E-state index contributed by atoms with van der Waals surface area (Å²) in [6.45, 7) is 3.84. The molecule has 1 aliphatic rings. The third kappa shape index (κ3) is 5.03. The summed E-state index contributed by atoms with van der Waals surface area (Å²) in [5, 5.41) is 7.07. The molecule has 1 aliphatic heterocycles. The van der Waals surface area contributed by atoms with Crippen LogP contribution < -0.4 is 5.32 Å². The monoisotopic (exact) mass is 438 g/mol. The molecule has 0 radical (unpaired) electrons. The van der Waals surface area contributed by atoms with Gasteiger partial charge in [-0.2, -0.15) is 9.40 Å². The summed E-state index contributed by atoms with van der Waals surface area (Å²) < 4.78 is 29.0. The Balaban J connectivity index is 1.43. The third-order valence-electron chi connectivity index (χ3n) is 5.59. The minimum atomic E-state index is -3.52. The Hall–Kier alpha value is -2.97. The molecule has 0 saturated carbocycles. The van der Waals surface area contributed by atoms with Gasteiger partial charge in [-0.05, 0) is 66.8 Å². The average Bonchev–Trinajstić information content (AvgIpc) is 3.27. The van der Waals surface area contributed by atoms with Crippen LogP contribution in [0.3, 0.4) is 0 Å². The van der Waals surface area contributed by atoms with E-state index in [2.05, 4.69) is 17.3 Å². The van der Waals surface area contributed by atoms with E-state index in [9.17, 15) is 13.2 Å². The van der Waals surface area contributed by atoms with E-state index in [1.807, 2.05) is 41.2 Å². The molecule has 4 rings (SSSR count). The van der Waals surface area contributed by atoms with Crippen LogP contribution in [0.2, 0.25) is 0 Å². The number of nitrogens with one attached hydrogen (secondary N) is 1. The molecule has 0 aliphatic carbocycles. The van der Waals surface area contributed by atoms with Gasteiger partial charge in [0.05, 0.1) is 11.4 Å². The van der Waals surface area contributed by atoms with Crippen molar-refractivity contribution in [1.29, 1.82) is 0 Å². The molecule has 1 aromatic heterocycles. The summed E-state index contributed by atoms with van der Waals surface area (Å²) in [4.78, 5) is 12.9. The average molecular weight is 439 g/mol. The third-order valence-corrected chi connectivity index (χ3v) is 7.50. The predicted octanol–water partition coefficient (Wildman–Crippen LogP) is 3.60. The fraction of sp³-hybridized carbons (Fsp3) is 0.304. The van der Waals surface area contributed by atoms with Crippen LogP contribution in [0.4, 0.5) is 5.69 Å². The molecule has 2 aromatic carbocycles. The highest BCUT2D eigenvalue weighted by atomic mass is 32.2. The van der Waals surface area contributed by atoms with Crippen molar-refractivity contribution in [2.75, 3.05) is 18.4 Å². The van der Waals surface area contributed by atoms with Crippen molar-refractivity contribution in [3.05, 3.63) is 78.1 Å². The molecule has 1 amide bonds. The number of anilines is 1. The maximum absolute atomic E-state index is 12.9. The van der Waals surface area contributed by atoms with Gasteiger partial charge in [0.15, 0.2) is 0 Å². The van der Waals surface area contributed by atoms with E-state index in [1.54, 1.807) is 18.3 Å². The molecule has 31 heavy (non-hydrogen) atoms. The summed E-state index contributed by atoms with van der Waals surface area (Å²) in [6, 6.07) is 15.6. The topological polar surface area (TPSA) is 84.3 Å². The fourth-order valence-corrected chi connectivity index (χ4v) is 5.15. The second-order valence-corrected chi connectivity index (χ2v) is 9.91. The number of rotatable bonds is 6. The summed E-state index contributed by atoms with van der Waals surface area (Å²) in [5.41, 5.74) is 2.09. The number of amides is 1. The molecule has 0 atom stereocenters. The number of hydrogen-bond acceptors (Lipinski definition) is 4. The molecule has 0 unspecified atom stereocenters. The molecule has 162 valence electrons. The maximum atomic E-state index is 12.9. The lowest BCUT2D eigenvalue weighted by Crippen LogP contribution is -2.37. The summed E-state index contributed by atoms with van der Waals surface area (Å²) in [7, 11) is -3.52. The van der Waals surface area contributed by atoms with Crippen LogP contribution in [0.1, 0.15) is 35.7 Å². The van der Waals surface area contributed by atoms with Crippen LogP contribution in [-0.2, 0) is 16.6 Å². The minimum Gasteiger partial charge on any atom is -0.322 e. The number of nitrogens with zero attached hydrogens (tertiary/aromatic N) is 3. The van der Waals surface area contributed by atoms with Crippen molar-refractivity contribution >= 4 is 21.6 Å². The van der Waals surface area contributed by atoms with Crippen LogP contribution in [0, 0.1) is 5.92 Å². The van der Waals surface area contributed by atoms with E-state index in [4.69, 9.17) is 0 Å². The van der Waals surface area contributed by atoms with Crippen LogP contribution >= 0.6 is 0 Å². The van der Waals surface area contributed by atoms with E-state index in [-0.39, 0.29) is 10.8 Å². The second-order valence-electron chi connectivity index (χ2n) is 7.97. The van der Waals surface area contributed by atoms with Gasteiger partial charge < -0.3 is 5.32 Å². The number of benzene rings is 2. The van der Waals surface area contributed by atoms with Gasteiger partial charge in [0, 0.05) is 36.7 Å². The first-order chi connectivity index (χ1) is 14.9. The number of hydrogen-bond donors (Lipinski definition) is 1. The van der Waals surface area contributed by atoms with Gasteiger partial charge in [-0.25, -0.2) is 8.42 Å². The normalized spacial score (nSPS) is 15.6. The van der Waals surface area contributed by atoms with Crippen LogP contribution in [0.25, 0.3) is 0 Å². The number of aromatic nitrogens is 2. The molecule has 8 heteroatoms. The quantitative estimate of drug-likeness (QED) is 0.637. The van der Waals surface area contributed by atoms with Crippen LogP contribution in [-0.4, -0.2) is 41.5 Å². The van der Waals surface area contributed by atoms with Crippen molar-refractivity contribution in [3.8, 4) is 0 Å². The van der Waals surface area contributed by atoms with Gasteiger partial charge in [0.1, 0.15) is 0 Å². The van der Waals surface area contributed by atoms with Gasteiger partial charge in [-0.3, -0.25) is 9.48 Å². The number of carbonyl (C=O) groups excluding carboxylic acids is 1. The first-order valence-electron chi connectivity index (χ1n) is 10.4. The largest absolute Gasteiger partial charge is 0.322 e. The Labute approximate surface area is 182 Å². The first-order valence-corrected chi connectivity index (χ1v) is 11.8. The molecule has 1 saturated heterocycles. The summed E-state index contributed by atoms with van der Waals surface area (Å²) >= 11 is 0. The molecule has 1 fully saturated rings. The highest BCUT2D eigenvalue weighted by Crippen LogP contribution is 2.24. The van der Waals surface area contributed by atoms with E-state index < -0.39 is 10.0 Å². The first kappa shape index (κ1) is 21.3. The van der Waals surface area contributed by atoms with Crippen molar-refractivity contribution in [1.82, 2.24) is 14.1 Å². The number of sulfonamides is 1. The van der Waals surface area contributed by atoms with Crippen LogP contribution in [0.5, 0.6) is 0 Å². The Bertz CT molecular complexity index is 1130. The molecule has 0 spiro atoms. The summed E-state index contributed by atoms with van der Waals surface area (Å²) in [5.74, 6) is 0.266. The maximum Gasteiger partial charge on any atom is 0.255 e. The van der Waals surface area contributed by atoms with Gasteiger partial charge in [-0.15, -0.1) is 0 Å². The predicted molar refractivity (Wildman–Crippen MR) is 119 cm³/mol. The van der Waals surface area contributed by atoms with Crippen molar-refractivity contribution < 1.29 is 13.2 Å². The second kappa shape index (κ2) is 9.03. The number of piperidine rings is 1. The van der Waals surface area contributed by atoms with Gasteiger partial charge >= 0.3 is 0 Å². The Morgan fingerprint density at radius 1 is 1.10 bits per heavy atom. The standard InChI is InChI=1S/C23H26N4O3S/c1-18-10-14-27(15-11-18)31(29,30)22-8-6-20(7-9-22)23(28)25-21-5-2-4-19(16-21)17-26-13-3-12-24-26/h2-9,12-13,16,18H,10-11,14-15,17H2,1H3,(H,25,28).